The van der Waals surface area contributed by atoms with Crippen molar-refractivity contribution in [3.8, 4) is 17.2 Å². The molecule has 0 radical (unpaired) electrons. The highest BCUT2D eigenvalue weighted by Gasteiger charge is 2.14. The van der Waals surface area contributed by atoms with E-state index in [1.165, 1.54) is 90.4 Å². The number of ether oxygens (including phenoxy) is 1. The highest BCUT2D eigenvalue weighted by atomic mass is 16.5. The van der Waals surface area contributed by atoms with Gasteiger partial charge in [-0.3, -0.25) is 4.79 Å². The number of phenols is 3. The van der Waals surface area contributed by atoms with E-state index >= 15 is 0 Å². The summed E-state index contributed by atoms with van der Waals surface area (Å²) < 4.78 is 4.78. The van der Waals surface area contributed by atoms with Gasteiger partial charge in [0.1, 0.15) is 0 Å². The van der Waals surface area contributed by atoms with Gasteiger partial charge in [-0.15, -0.1) is 0 Å². The Morgan fingerprint density at radius 1 is 0.725 bits per heavy atom. The van der Waals surface area contributed by atoms with Gasteiger partial charge in [-0.2, -0.15) is 0 Å². The van der Waals surface area contributed by atoms with E-state index in [2.05, 4.69) is 6.92 Å². The summed E-state index contributed by atoms with van der Waals surface area (Å²) in [7, 11) is 0. The lowest BCUT2D eigenvalue weighted by atomic mass is 10.0. The fourth-order valence-electron chi connectivity index (χ4n) is 3.65. The molecule has 0 aliphatic heterocycles. The Hall–Kier alpha value is -2.52. The number of carbonyl (C=O) groups is 2. The normalized spacial score (nSPS) is 11.0. The van der Waals surface area contributed by atoms with Crippen LogP contribution >= 0.6 is 0 Å². The zero-order chi connectivity index (χ0) is 30.6. The Kier molecular flexibility index (Phi) is 27.8. The molecule has 0 fully saturated rings. The zero-order valence-electron chi connectivity index (χ0n) is 25.1. The average molecular weight is 573 g/mol. The van der Waals surface area contributed by atoms with Gasteiger partial charge in [0, 0.05) is 6.42 Å². The van der Waals surface area contributed by atoms with E-state index in [9.17, 15) is 9.59 Å². The van der Waals surface area contributed by atoms with Crippen molar-refractivity contribution in [2.24, 2.45) is 0 Å². The molecule has 9 nitrogen and oxygen atoms in total. The van der Waals surface area contributed by atoms with Gasteiger partial charge in [0.2, 0.25) is 0 Å². The van der Waals surface area contributed by atoms with Gasteiger partial charge in [0.05, 0.1) is 24.9 Å². The molecule has 0 aromatic heterocycles. The van der Waals surface area contributed by atoms with E-state index in [0.717, 1.165) is 25.0 Å². The Bertz CT molecular complexity index is 727. The van der Waals surface area contributed by atoms with Crippen molar-refractivity contribution in [1.29, 1.82) is 0 Å². The number of unbranched alkanes of at least 4 members (excludes halogenated alkanes) is 14. The third-order valence-corrected chi connectivity index (χ3v) is 6.00. The third-order valence-electron chi connectivity index (χ3n) is 6.00. The van der Waals surface area contributed by atoms with Crippen molar-refractivity contribution in [2.75, 3.05) is 13.2 Å². The molecule has 0 amide bonds. The van der Waals surface area contributed by atoms with E-state index < -0.39 is 35.3 Å². The van der Waals surface area contributed by atoms with Crippen LogP contribution < -0.4 is 0 Å². The first-order valence-corrected chi connectivity index (χ1v) is 15.0. The predicted molar refractivity (Wildman–Crippen MR) is 158 cm³/mol. The smallest absolute Gasteiger partial charge is 0.338 e. The largest absolute Gasteiger partial charge is 0.504 e. The Labute approximate surface area is 241 Å². The van der Waals surface area contributed by atoms with E-state index in [0.29, 0.717) is 12.8 Å². The molecule has 0 saturated carbocycles. The number of carboxylic acids is 1. The Morgan fingerprint density at radius 3 is 1.43 bits per heavy atom. The van der Waals surface area contributed by atoms with Crippen molar-refractivity contribution in [3.05, 3.63) is 17.7 Å². The van der Waals surface area contributed by atoms with Crippen LogP contribution in [-0.2, 0) is 9.53 Å². The number of hydrogen-bond donors (Lipinski definition) is 6. The number of benzene rings is 1. The number of aromatic hydroxyl groups is 3. The molecule has 0 aliphatic carbocycles. The van der Waals surface area contributed by atoms with Gasteiger partial charge in [-0.05, 0) is 31.9 Å². The first-order chi connectivity index (χ1) is 19.1. The number of aliphatic carboxylic acids is 1. The van der Waals surface area contributed by atoms with Crippen LogP contribution in [0.25, 0.3) is 0 Å². The molecule has 0 heterocycles. The summed E-state index contributed by atoms with van der Waals surface area (Å²) in [6, 6.07) is 2.07. The number of hydrogen-bond acceptors (Lipinski definition) is 8. The van der Waals surface area contributed by atoms with E-state index in [1.54, 1.807) is 0 Å². The highest BCUT2D eigenvalue weighted by Crippen LogP contribution is 2.35. The van der Waals surface area contributed by atoms with Crippen LogP contribution in [0.3, 0.4) is 0 Å². The molecule has 0 aliphatic rings. The molecule has 0 spiro atoms. The van der Waals surface area contributed by atoms with Gasteiger partial charge < -0.3 is 35.4 Å². The van der Waals surface area contributed by atoms with Crippen molar-refractivity contribution in [1.82, 2.24) is 0 Å². The van der Waals surface area contributed by atoms with Crippen molar-refractivity contribution >= 4 is 11.9 Å². The van der Waals surface area contributed by atoms with E-state index in [1.807, 2.05) is 6.92 Å². The summed E-state index contributed by atoms with van der Waals surface area (Å²) in [5.74, 6) is -3.07. The predicted octanol–water partition coefficient (Wildman–Crippen LogP) is 7.06. The molecule has 40 heavy (non-hydrogen) atoms. The van der Waals surface area contributed by atoms with Crippen molar-refractivity contribution in [3.63, 3.8) is 0 Å². The molecule has 9 heteroatoms. The SMILES string of the molecule is CC(O)CO.CCCCCCCCCCCCCCCCCC(=O)O.CCCOC(=O)c1cc(O)c(O)c(O)c1. The average Bonchev–Trinajstić information content (AvgIpc) is 2.92. The monoisotopic (exact) mass is 572 g/mol. The summed E-state index contributed by atoms with van der Waals surface area (Å²) in [6.07, 6.45) is 20.3. The third kappa shape index (κ3) is 25.7. The first kappa shape index (κ1) is 39.6. The molecule has 1 aromatic carbocycles. The van der Waals surface area contributed by atoms with Crippen molar-refractivity contribution in [2.45, 2.75) is 136 Å². The fourth-order valence-corrected chi connectivity index (χ4v) is 3.65. The topological polar surface area (TPSA) is 165 Å². The lowest BCUT2D eigenvalue weighted by Gasteiger charge is -2.05. The van der Waals surface area contributed by atoms with Crippen LogP contribution in [0, 0.1) is 0 Å². The number of aliphatic hydroxyl groups is 2. The fraction of sp³-hybridized carbons (Fsp3) is 0.742. The standard InChI is InChI=1S/C18H36O2.C10H12O5.C3H8O2/c1-2-3-4-5-6-7-8-9-10-11-12-13-14-15-16-17-18(19)20;1-2-3-15-10(14)6-4-7(11)9(13)8(12)5-6;1-3(5)2-4/h2-17H2,1H3,(H,19,20);4-5,11-13H,2-3H2,1H3;3-5H,2H2,1H3. The maximum absolute atomic E-state index is 11.3. The van der Waals surface area contributed by atoms with Crippen LogP contribution in [0.15, 0.2) is 12.1 Å². The molecular formula is C31H56O9. The number of carboxylic acid groups (broad SMARTS) is 1. The number of phenolic OH excluding ortho intramolecular Hbond substituents is 3. The lowest BCUT2D eigenvalue weighted by molar-refractivity contribution is -0.137. The maximum Gasteiger partial charge on any atom is 0.338 e. The minimum Gasteiger partial charge on any atom is -0.504 e. The number of aliphatic hydroxyl groups excluding tert-OH is 2. The van der Waals surface area contributed by atoms with E-state index in [4.69, 9.17) is 35.4 Å². The molecule has 6 N–H and O–H groups in total. The minimum atomic E-state index is -0.653. The molecule has 1 aromatic rings. The van der Waals surface area contributed by atoms with Crippen LogP contribution in [0.1, 0.15) is 140 Å². The minimum absolute atomic E-state index is 0.00347. The zero-order valence-corrected chi connectivity index (χ0v) is 25.1. The van der Waals surface area contributed by atoms with Crippen LogP contribution in [0.2, 0.25) is 0 Å². The van der Waals surface area contributed by atoms with Gasteiger partial charge in [-0.25, -0.2) is 4.79 Å². The number of rotatable bonds is 20. The van der Waals surface area contributed by atoms with Crippen LogP contribution in [-0.4, -0.2) is 61.9 Å². The van der Waals surface area contributed by atoms with Gasteiger partial charge in [0.25, 0.3) is 0 Å². The number of esters is 1. The van der Waals surface area contributed by atoms with Crippen LogP contribution in [0.5, 0.6) is 17.2 Å². The first-order valence-electron chi connectivity index (χ1n) is 15.0. The summed E-state index contributed by atoms with van der Waals surface area (Å²) >= 11 is 0. The maximum atomic E-state index is 11.3. The molecule has 1 unspecified atom stereocenters. The van der Waals surface area contributed by atoms with Crippen molar-refractivity contribution < 1.29 is 45.0 Å². The molecule has 234 valence electrons. The Morgan fingerprint density at radius 2 is 1.10 bits per heavy atom. The molecule has 1 rings (SSSR count). The number of carbonyl (C=O) groups excluding carboxylic acids is 1. The van der Waals surface area contributed by atoms with Gasteiger partial charge in [-0.1, -0.05) is 104 Å². The summed E-state index contributed by atoms with van der Waals surface area (Å²) in [6.45, 7) is 5.77. The van der Waals surface area contributed by atoms with E-state index in [-0.39, 0.29) is 18.8 Å². The van der Waals surface area contributed by atoms with Crippen LogP contribution in [0.4, 0.5) is 0 Å². The quantitative estimate of drug-likeness (QED) is 0.0545. The second-order valence-electron chi connectivity index (χ2n) is 10.1. The second kappa shape index (κ2) is 28.0. The second-order valence-corrected chi connectivity index (χ2v) is 10.1. The molecule has 1 atom stereocenters. The molecular weight excluding hydrogens is 516 g/mol. The molecule has 0 saturated heterocycles. The summed E-state index contributed by atoms with van der Waals surface area (Å²) in [5, 5.41) is 51.8. The summed E-state index contributed by atoms with van der Waals surface area (Å²) in [4.78, 5) is 21.6. The Balaban J connectivity index is 0. The van der Waals surface area contributed by atoms with Gasteiger partial charge in [0.15, 0.2) is 17.2 Å². The molecule has 0 bridgehead atoms. The summed E-state index contributed by atoms with van der Waals surface area (Å²) in [5.41, 5.74) is -0.00347. The lowest BCUT2D eigenvalue weighted by Crippen LogP contribution is -2.05. The van der Waals surface area contributed by atoms with Gasteiger partial charge >= 0.3 is 11.9 Å². The highest BCUT2D eigenvalue weighted by molar-refractivity contribution is 5.91.